The van der Waals surface area contributed by atoms with Gasteiger partial charge >= 0.3 is 0 Å². The summed E-state index contributed by atoms with van der Waals surface area (Å²) in [5.41, 5.74) is 2.32. The Labute approximate surface area is 159 Å². The van der Waals surface area contributed by atoms with Crippen LogP contribution in [0.1, 0.15) is 44.2 Å². The number of hydrogen-bond donors (Lipinski definition) is 2. The third-order valence-electron chi connectivity index (χ3n) is 5.00. The molecule has 0 unspecified atom stereocenters. The molecule has 1 aromatic carbocycles. The van der Waals surface area contributed by atoms with Crippen LogP contribution >= 0.6 is 0 Å². The van der Waals surface area contributed by atoms with Crippen LogP contribution in [0.5, 0.6) is 5.75 Å². The highest BCUT2D eigenvalue weighted by molar-refractivity contribution is 5.79. The zero-order valence-electron chi connectivity index (χ0n) is 17.0. The molecule has 146 valence electrons. The van der Waals surface area contributed by atoms with Crippen molar-refractivity contribution in [3.63, 3.8) is 0 Å². The monoisotopic (exact) mass is 360 g/mol. The Morgan fingerprint density at radius 1 is 1.23 bits per heavy atom. The largest absolute Gasteiger partial charge is 0.496 e. The molecule has 1 aromatic rings. The summed E-state index contributed by atoms with van der Waals surface area (Å²) in [5, 5.41) is 6.89. The summed E-state index contributed by atoms with van der Waals surface area (Å²) < 4.78 is 5.49. The lowest BCUT2D eigenvalue weighted by Crippen LogP contribution is -2.43. The average Bonchev–Trinajstić information content (AvgIpc) is 2.66. The maximum absolute atomic E-state index is 5.49. The van der Waals surface area contributed by atoms with E-state index in [0.29, 0.717) is 6.54 Å². The van der Waals surface area contributed by atoms with Crippen LogP contribution in [0.3, 0.4) is 0 Å². The van der Waals surface area contributed by atoms with Gasteiger partial charge in [0.25, 0.3) is 0 Å². The number of rotatable bonds is 8. The fraction of sp³-hybridized carbons (Fsp3) is 0.667. The number of benzene rings is 1. The van der Waals surface area contributed by atoms with Crippen molar-refractivity contribution in [2.75, 3.05) is 39.8 Å². The van der Waals surface area contributed by atoms with E-state index in [1.165, 1.54) is 44.5 Å². The van der Waals surface area contributed by atoms with Crippen molar-refractivity contribution in [1.82, 2.24) is 15.5 Å². The second-order valence-electron chi connectivity index (χ2n) is 7.18. The summed E-state index contributed by atoms with van der Waals surface area (Å²) in [6.45, 7) is 12.6. The molecule has 1 fully saturated rings. The summed E-state index contributed by atoms with van der Waals surface area (Å²) in [5.74, 6) is 2.54. The van der Waals surface area contributed by atoms with Crippen LogP contribution in [0.25, 0.3) is 0 Å². The molecule has 0 bridgehead atoms. The predicted molar refractivity (Wildman–Crippen MR) is 110 cm³/mol. The van der Waals surface area contributed by atoms with Gasteiger partial charge in [0.2, 0.25) is 0 Å². The van der Waals surface area contributed by atoms with Crippen molar-refractivity contribution in [1.29, 1.82) is 0 Å². The Kier molecular flexibility index (Phi) is 8.75. The SMILES string of the molecule is CCCN1CCC(CNC(=NCc2ccc(C)cc2OC)NCC)CC1. The molecule has 0 amide bonds. The van der Waals surface area contributed by atoms with E-state index < -0.39 is 0 Å². The van der Waals surface area contributed by atoms with Gasteiger partial charge in [-0.05, 0) is 70.3 Å². The molecule has 2 rings (SSSR count). The van der Waals surface area contributed by atoms with Crippen LogP contribution < -0.4 is 15.4 Å². The minimum Gasteiger partial charge on any atom is -0.496 e. The number of likely N-dealkylation sites (tertiary alicyclic amines) is 1. The van der Waals surface area contributed by atoms with Crippen LogP contribution in [0, 0.1) is 12.8 Å². The molecule has 1 heterocycles. The van der Waals surface area contributed by atoms with E-state index in [0.717, 1.165) is 36.3 Å². The highest BCUT2D eigenvalue weighted by atomic mass is 16.5. The van der Waals surface area contributed by atoms with E-state index in [1.807, 2.05) is 0 Å². The molecule has 0 saturated carbocycles. The van der Waals surface area contributed by atoms with E-state index in [9.17, 15) is 0 Å². The summed E-state index contributed by atoms with van der Waals surface area (Å²) in [7, 11) is 1.72. The highest BCUT2D eigenvalue weighted by Gasteiger charge is 2.18. The smallest absolute Gasteiger partial charge is 0.191 e. The summed E-state index contributed by atoms with van der Waals surface area (Å²) in [6, 6.07) is 6.28. The van der Waals surface area contributed by atoms with E-state index in [4.69, 9.17) is 9.73 Å². The van der Waals surface area contributed by atoms with Gasteiger partial charge in [0.1, 0.15) is 5.75 Å². The lowest BCUT2D eigenvalue weighted by molar-refractivity contribution is 0.185. The van der Waals surface area contributed by atoms with E-state index >= 15 is 0 Å². The maximum atomic E-state index is 5.49. The first-order chi connectivity index (χ1) is 12.7. The number of ether oxygens (including phenoxy) is 1. The highest BCUT2D eigenvalue weighted by Crippen LogP contribution is 2.20. The average molecular weight is 361 g/mol. The van der Waals surface area contributed by atoms with E-state index in [-0.39, 0.29) is 0 Å². The number of nitrogens with one attached hydrogen (secondary N) is 2. The second-order valence-corrected chi connectivity index (χ2v) is 7.18. The summed E-state index contributed by atoms with van der Waals surface area (Å²) in [4.78, 5) is 7.34. The summed E-state index contributed by atoms with van der Waals surface area (Å²) >= 11 is 0. The Morgan fingerprint density at radius 2 is 2.00 bits per heavy atom. The molecule has 0 radical (unpaired) electrons. The second kappa shape index (κ2) is 11.1. The lowest BCUT2D eigenvalue weighted by atomic mass is 9.97. The molecule has 1 aliphatic rings. The van der Waals surface area contributed by atoms with Gasteiger partial charge in [-0.25, -0.2) is 4.99 Å². The molecule has 0 aromatic heterocycles. The van der Waals surface area contributed by atoms with Crippen LogP contribution in [-0.2, 0) is 6.54 Å². The molecule has 5 heteroatoms. The molecular formula is C21H36N4O. The Morgan fingerprint density at radius 3 is 2.65 bits per heavy atom. The first-order valence-electron chi connectivity index (χ1n) is 10.0. The summed E-state index contributed by atoms with van der Waals surface area (Å²) in [6.07, 6.45) is 3.80. The molecule has 1 saturated heterocycles. The lowest BCUT2D eigenvalue weighted by Gasteiger charge is -2.32. The number of methoxy groups -OCH3 is 1. The fourth-order valence-corrected chi connectivity index (χ4v) is 3.46. The minimum atomic E-state index is 0.619. The molecule has 5 nitrogen and oxygen atoms in total. The van der Waals surface area contributed by atoms with Crippen molar-refractivity contribution in [2.24, 2.45) is 10.9 Å². The Bertz CT molecular complexity index is 565. The van der Waals surface area contributed by atoms with Crippen molar-refractivity contribution in [3.8, 4) is 5.75 Å². The van der Waals surface area contributed by atoms with Crippen molar-refractivity contribution >= 4 is 5.96 Å². The van der Waals surface area contributed by atoms with E-state index in [2.05, 4.69) is 54.5 Å². The normalized spacial score (nSPS) is 16.5. The fourth-order valence-electron chi connectivity index (χ4n) is 3.46. The van der Waals surface area contributed by atoms with Gasteiger partial charge in [-0.15, -0.1) is 0 Å². The number of aliphatic imine (C=N–C) groups is 1. The van der Waals surface area contributed by atoms with Crippen LogP contribution in [0.15, 0.2) is 23.2 Å². The zero-order chi connectivity index (χ0) is 18.8. The Hall–Kier alpha value is -1.75. The minimum absolute atomic E-state index is 0.619. The first kappa shape index (κ1) is 20.6. The number of piperidine rings is 1. The quantitative estimate of drug-likeness (QED) is 0.552. The molecule has 1 aliphatic heterocycles. The third kappa shape index (κ3) is 6.52. The first-order valence-corrected chi connectivity index (χ1v) is 10.0. The zero-order valence-corrected chi connectivity index (χ0v) is 17.0. The van der Waals surface area contributed by atoms with Crippen LogP contribution in [-0.4, -0.2) is 50.7 Å². The molecular weight excluding hydrogens is 324 g/mol. The number of aryl methyl sites for hydroxylation is 1. The van der Waals surface area contributed by atoms with Crippen LogP contribution in [0.4, 0.5) is 0 Å². The van der Waals surface area contributed by atoms with Crippen LogP contribution in [0.2, 0.25) is 0 Å². The van der Waals surface area contributed by atoms with Gasteiger partial charge in [0.15, 0.2) is 5.96 Å². The van der Waals surface area contributed by atoms with E-state index in [1.54, 1.807) is 7.11 Å². The van der Waals surface area contributed by atoms with Gasteiger partial charge in [-0.3, -0.25) is 0 Å². The molecule has 0 spiro atoms. The molecule has 26 heavy (non-hydrogen) atoms. The maximum Gasteiger partial charge on any atom is 0.191 e. The Balaban J connectivity index is 1.87. The van der Waals surface area contributed by atoms with Crippen molar-refractivity contribution < 1.29 is 4.74 Å². The molecule has 2 N–H and O–H groups in total. The number of guanidine groups is 1. The van der Waals surface area contributed by atoms with Crippen molar-refractivity contribution in [2.45, 2.75) is 46.6 Å². The topological polar surface area (TPSA) is 48.9 Å². The van der Waals surface area contributed by atoms with Crippen molar-refractivity contribution in [3.05, 3.63) is 29.3 Å². The van der Waals surface area contributed by atoms with Gasteiger partial charge in [0.05, 0.1) is 13.7 Å². The van der Waals surface area contributed by atoms with Gasteiger partial charge in [-0.2, -0.15) is 0 Å². The van der Waals surface area contributed by atoms with Gasteiger partial charge < -0.3 is 20.3 Å². The number of hydrogen-bond acceptors (Lipinski definition) is 3. The van der Waals surface area contributed by atoms with Gasteiger partial charge in [-0.1, -0.05) is 19.1 Å². The third-order valence-corrected chi connectivity index (χ3v) is 5.00. The molecule has 0 aliphatic carbocycles. The molecule has 0 atom stereocenters. The predicted octanol–water partition coefficient (Wildman–Crippen LogP) is 3.18. The standard InChI is InChI=1S/C21H36N4O/c1-5-11-25-12-9-18(10-13-25)15-23-21(22-6-2)24-16-19-8-7-17(3)14-20(19)26-4/h7-8,14,18H,5-6,9-13,15-16H2,1-4H3,(H2,22,23,24). The number of nitrogens with zero attached hydrogens (tertiary/aromatic N) is 2. The van der Waals surface area contributed by atoms with Gasteiger partial charge in [0, 0.05) is 18.7 Å².